The van der Waals surface area contributed by atoms with E-state index in [1.807, 2.05) is 24.3 Å². The summed E-state index contributed by atoms with van der Waals surface area (Å²) in [4.78, 5) is 22.2. The molecule has 2 N–H and O–H groups in total. The van der Waals surface area contributed by atoms with Crippen molar-refractivity contribution in [2.75, 3.05) is 6.61 Å². The summed E-state index contributed by atoms with van der Waals surface area (Å²) in [6.07, 6.45) is 3.43. The number of thioether (sulfide) groups is 1. The average molecular weight is 349 g/mol. The van der Waals surface area contributed by atoms with E-state index in [4.69, 9.17) is 9.84 Å². The molecular formula is C16H19N3O4S. The van der Waals surface area contributed by atoms with Crippen LogP contribution >= 0.6 is 11.8 Å². The smallest absolute Gasteiger partial charge is 0.305 e. The number of hydrogen-bond acceptors (Lipinski definition) is 6. The van der Waals surface area contributed by atoms with Crippen LogP contribution in [0.25, 0.3) is 0 Å². The first-order chi connectivity index (χ1) is 11.6. The molecule has 1 aliphatic rings. The van der Waals surface area contributed by atoms with E-state index in [9.17, 15) is 9.59 Å². The Hall–Kier alpha value is -2.35. The zero-order valence-corrected chi connectivity index (χ0v) is 14.1. The van der Waals surface area contributed by atoms with Crippen LogP contribution in [-0.4, -0.2) is 40.2 Å². The van der Waals surface area contributed by atoms with Crippen LogP contribution in [0.5, 0.6) is 5.75 Å². The number of benzene rings is 1. The van der Waals surface area contributed by atoms with Crippen LogP contribution in [0.1, 0.15) is 31.7 Å². The van der Waals surface area contributed by atoms with Crippen molar-refractivity contribution < 1.29 is 19.4 Å². The summed E-state index contributed by atoms with van der Waals surface area (Å²) in [7, 11) is 0. The van der Waals surface area contributed by atoms with E-state index >= 15 is 0 Å². The quantitative estimate of drug-likeness (QED) is 0.426. The maximum absolute atomic E-state index is 11.6. The van der Waals surface area contributed by atoms with Crippen LogP contribution in [0.15, 0.2) is 34.5 Å². The van der Waals surface area contributed by atoms with Gasteiger partial charge in [0.15, 0.2) is 5.17 Å². The molecule has 1 atom stereocenters. The number of amides is 1. The summed E-state index contributed by atoms with van der Waals surface area (Å²) in [6.45, 7) is 2.81. The summed E-state index contributed by atoms with van der Waals surface area (Å²) >= 11 is 1.07. The van der Waals surface area contributed by atoms with Gasteiger partial charge in [-0.2, -0.15) is 5.10 Å². The molecule has 24 heavy (non-hydrogen) atoms. The number of ether oxygens (including phenoxy) is 1. The van der Waals surface area contributed by atoms with Crippen molar-refractivity contribution >= 4 is 35.0 Å². The van der Waals surface area contributed by atoms with E-state index in [0.29, 0.717) is 11.8 Å². The number of nitrogens with one attached hydrogen (secondary N) is 1. The Bertz CT molecular complexity index is 643. The Balaban J connectivity index is 1.87. The van der Waals surface area contributed by atoms with Crippen molar-refractivity contribution in [3.63, 3.8) is 0 Å². The molecule has 8 heteroatoms. The Morgan fingerprint density at radius 1 is 1.42 bits per heavy atom. The fourth-order valence-electron chi connectivity index (χ4n) is 1.88. The van der Waals surface area contributed by atoms with E-state index in [0.717, 1.165) is 35.9 Å². The molecule has 1 saturated heterocycles. The molecule has 0 bridgehead atoms. The minimum Gasteiger partial charge on any atom is -0.494 e. The zero-order chi connectivity index (χ0) is 17.4. The predicted octanol–water partition coefficient (Wildman–Crippen LogP) is 2.26. The van der Waals surface area contributed by atoms with Crippen molar-refractivity contribution in [1.82, 2.24) is 5.32 Å². The number of aliphatic carboxylic acids is 1. The molecule has 0 saturated carbocycles. The van der Waals surface area contributed by atoms with Gasteiger partial charge < -0.3 is 15.2 Å². The summed E-state index contributed by atoms with van der Waals surface area (Å²) < 4.78 is 5.57. The number of amidine groups is 1. The number of carbonyl (C=O) groups excluding carboxylic acids is 1. The van der Waals surface area contributed by atoms with Crippen LogP contribution in [0.3, 0.4) is 0 Å². The van der Waals surface area contributed by atoms with Crippen LogP contribution in [0.4, 0.5) is 0 Å². The molecule has 7 nitrogen and oxygen atoms in total. The highest BCUT2D eigenvalue weighted by molar-refractivity contribution is 8.15. The Morgan fingerprint density at radius 3 is 2.83 bits per heavy atom. The van der Waals surface area contributed by atoms with Gasteiger partial charge in [0.25, 0.3) is 0 Å². The number of unbranched alkanes of at least 4 members (excludes halogenated alkanes) is 1. The number of carbonyl (C=O) groups is 2. The number of carboxylic acids is 1. The lowest BCUT2D eigenvalue weighted by atomic mass is 10.2. The molecule has 0 unspecified atom stereocenters. The topological polar surface area (TPSA) is 100 Å². The van der Waals surface area contributed by atoms with Gasteiger partial charge in [0.1, 0.15) is 11.0 Å². The van der Waals surface area contributed by atoms with Crippen molar-refractivity contribution in [3.8, 4) is 5.75 Å². The Labute approximate surface area is 144 Å². The summed E-state index contributed by atoms with van der Waals surface area (Å²) in [5.74, 6) is -0.569. The van der Waals surface area contributed by atoms with Gasteiger partial charge in [-0.15, -0.1) is 5.10 Å². The first-order valence-corrected chi connectivity index (χ1v) is 8.49. The van der Waals surface area contributed by atoms with E-state index in [1.54, 1.807) is 6.21 Å². The molecular weight excluding hydrogens is 330 g/mol. The monoisotopic (exact) mass is 349 g/mol. The summed E-state index contributed by atoms with van der Waals surface area (Å²) in [5, 5.41) is 18.7. The fraction of sp³-hybridized carbons (Fsp3) is 0.375. The minimum absolute atomic E-state index is 0.237. The van der Waals surface area contributed by atoms with E-state index in [2.05, 4.69) is 22.4 Å². The second-order valence-electron chi connectivity index (χ2n) is 5.11. The molecule has 0 spiro atoms. The van der Waals surface area contributed by atoms with Gasteiger partial charge in [0, 0.05) is 0 Å². The molecule has 0 aromatic heterocycles. The Morgan fingerprint density at radius 2 is 2.17 bits per heavy atom. The second-order valence-corrected chi connectivity index (χ2v) is 6.31. The van der Waals surface area contributed by atoms with Crippen LogP contribution in [0, 0.1) is 0 Å². The molecule has 1 fully saturated rings. The fourth-order valence-corrected chi connectivity index (χ4v) is 2.79. The second kappa shape index (κ2) is 9.07. The van der Waals surface area contributed by atoms with Gasteiger partial charge in [-0.05, 0) is 36.2 Å². The zero-order valence-electron chi connectivity index (χ0n) is 13.3. The molecule has 1 amide bonds. The third-order valence-electron chi connectivity index (χ3n) is 3.14. The highest BCUT2D eigenvalue weighted by Crippen LogP contribution is 2.22. The average Bonchev–Trinajstić information content (AvgIpc) is 2.88. The molecule has 2 rings (SSSR count). The van der Waals surface area contributed by atoms with E-state index in [1.165, 1.54) is 0 Å². The third-order valence-corrected chi connectivity index (χ3v) is 4.21. The molecule has 0 aliphatic carbocycles. The molecule has 128 valence electrons. The van der Waals surface area contributed by atoms with Gasteiger partial charge in [-0.3, -0.25) is 9.59 Å². The first kappa shape index (κ1) is 18.0. The molecule has 1 aromatic rings. The number of hydrogen-bond donors (Lipinski definition) is 2. The third kappa shape index (κ3) is 5.69. The summed E-state index contributed by atoms with van der Waals surface area (Å²) in [5.41, 5.74) is 0.846. The highest BCUT2D eigenvalue weighted by atomic mass is 32.2. The van der Waals surface area contributed by atoms with Crippen LogP contribution in [0.2, 0.25) is 0 Å². The van der Waals surface area contributed by atoms with Gasteiger partial charge in [-0.1, -0.05) is 25.1 Å². The number of carboxylic acid groups (broad SMARTS) is 1. The largest absolute Gasteiger partial charge is 0.494 e. The highest BCUT2D eigenvalue weighted by Gasteiger charge is 2.32. The van der Waals surface area contributed by atoms with Crippen molar-refractivity contribution in [2.24, 2.45) is 10.2 Å². The van der Waals surface area contributed by atoms with Gasteiger partial charge >= 0.3 is 5.97 Å². The standard InChI is InChI=1S/C16H19N3O4S/c1-2-3-8-23-12-6-4-11(5-7-12)10-17-19-16-18-15(22)13(24-16)9-14(20)21/h4-7,10,13H,2-3,8-9H2,1H3,(H,20,21)(H,18,19,22)/b17-10-/t13-/m0/s1. The van der Waals surface area contributed by atoms with Crippen molar-refractivity contribution in [3.05, 3.63) is 29.8 Å². The van der Waals surface area contributed by atoms with Crippen LogP contribution in [-0.2, 0) is 9.59 Å². The first-order valence-electron chi connectivity index (χ1n) is 7.61. The molecule has 0 radical (unpaired) electrons. The van der Waals surface area contributed by atoms with E-state index in [-0.39, 0.29) is 12.3 Å². The van der Waals surface area contributed by atoms with Gasteiger partial charge in [-0.25, -0.2) is 0 Å². The minimum atomic E-state index is -1.02. The van der Waals surface area contributed by atoms with Crippen LogP contribution < -0.4 is 10.1 Å². The predicted molar refractivity (Wildman–Crippen MR) is 93.6 cm³/mol. The van der Waals surface area contributed by atoms with Crippen molar-refractivity contribution in [2.45, 2.75) is 31.4 Å². The normalized spacial score (nSPS) is 19.0. The number of rotatable bonds is 8. The maximum atomic E-state index is 11.6. The SMILES string of the molecule is CCCCOc1ccc(/C=N\N=C2NC(=O)[C@H](CC(=O)O)S2)cc1. The lowest BCUT2D eigenvalue weighted by Gasteiger charge is -2.04. The van der Waals surface area contributed by atoms with Gasteiger partial charge in [0.2, 0.25) is 5.91 Å². The molecule has 1 heterocycles. The number of nitrogens with zero attached hydrogens (tertiary/aromatic N) is 2. The van der Waals surface area contributed by atoms with Gasteiger partial charge in [0.05, 0.1) is 19.2 Å². The van der Waals surface area contributed by atoms with Crippen molar-refractivity contribution in [1.29, 1.82) is 0 Å². The molecule has 1 aromatic carbocycles. The lowest BCUT2D eigenvalue weighted by Crippen LogP contribution is -2.26. The maximum Gasteiger partial charge on any atom is 0.305 e. The summed E-state index contributed by atoms with van der Waals surface area (Å²) in [6, 6.07) is 7.44. The lowest BCUT2D eigenvalue weighted by molar-refractivity contribution is -0.138. The Kier molecular flexibility index (Phi) is 6.80. The molecule has 1 aliphatic heterocycles. The van der Waals surface area contributed by atoms with E-state index < -0.39 is 11.2 Å².